The lowest BCUT2D eigenvalue weighted by molar-refractivity contribution is 0.164. The molecule has 0 saturated carbocycles. The van der Waals surface area contributed by atoms with Gasteiger partial charge in [0.05, 0.1) is 11.2 Å². The summed E-state index contributed by atoms with van der Waals surface area (Å²) in [4.78, 5) is 2.51. The van der Waals surface area contributed by atoms with Crippen molar-refractivity contribution >= 4 is 10.9 Å². The van der Waals surface area contributed by atoms with E-state index < -0.39 is 0 Å². The van der Waals surface area contributed by atoms with Gasteiger partial charge in [-0.2, -0.15) is 5.10 Å². The molecule has 4 heteroatoms. The van der Waals surface area contributed by atoms with Crippen molar-refractivity contribution in [3.05, 3.63) is 30.0 Å². The van der Waals surface area contributed by atoms with E-state index in [1.165, 1.54) is 16.6 Å². The summed E-state index contributed by atoms with van der Waals surface area (Å²) in [5.41, 5.74) is 2.41. The van der Waals surface area contributed by atoms with Gasteiger partial charge < -0.3 is 5.32 Å². The maximum absolute atomic E-state index is 4.67. The third kappa shape index (κ3) is 2.02. The molecule has 0 aliphatic carbocycles. The summed E-state index contributed by atoms with van der Waals surface area (Å²) >= 11 is 0. The Labute approximate surface area is 108 Å². The number of benzene rings is 1. The van der Waals surface area contributed by atoms with Crippen LogP contribution in [-0.2, 0) is 13.6 Å². The summed E-state index contributed by atoms with van der Waals surface area (Å²) in [5, 5.41) is 9.38. The molecule has 1 aliphatic rings. The SMILES string of the molecule is C[C@@H]1CNCCN1Cc1nn(C)c2ccccc12. The number of rotatable bonds is 2. The van der Waals surface area contributed by atoms with E-state index in [2.05, 4.69) is 46.5 Å². The summed E-state index contributed by atoms with van der Waals surface area (Å²) in [5.74, 6) is 0. The summed E-state index contributed by atoms with van der Waals surface area (Å²) in [6, 6.07) is 9.05. The van der Waals surface area contributed by atoms with Gasteiger partial charge >= 0.3 is 0 Å². The van der Waals surface area contributed by atoms with Crippen LogP contribution in [0.3, 0.4) is 0 Å². The van der Waals surface area contributed by atoms with E-state index in [1.807, 2.05) is 11.7 Å². The van der Waals surface area contributed by atoms with Gasteiger partial charge in [0, 0.05) is 44.7 Å². The quantitative estimate of drug-likeness (QED) is 0.866. The van der Waals surface area contributed by atoms with Crippen LogP contribution in [-0.4, -0.2) is 40.4 Å². The number of hydrogen-bond donors (Lipinski definition) is 1. The van der Waals surface area contributed by atoms with Gasteiger partial charge in [-0.25, -0.2) is 0 Å². The summed E-state index contributed by atoms with van der Waals surface area (Å²) in [6.07, 6.45) is 0. The number of para-hydroxylation sites is 1. The largest absolute Gasteiger partial charge is 0.314 e. The molecule has 1 N–H and O–H groups in total. The lowest BCUT2D eigenvalue weighted by atomic mass is 10.1. The van der Waals surface area contributed by atoms with Crippen molar-refractivity contribution in [2.45, 2.75) is 19.5 Å². The summed E-state index contributed by atoms with van der Waals surface area (Å²) in [7, 11) is 2.02. The van der Waals surface area contributed by atoms with Crippen LogP contribution in [0.2, 0.25) is 0 Å². The fourth-order valence-corrected chi connectivity index (χ4v) is 2.72. The number of aryl methyl sites for hydroxylation is 1. The minimum atomic E-state index is 0.583. The highest BCUT2D eigenvalue weighted by molar-refractivity contribution is 5.81. The molecule has 4 nitrogen and oxygen atoms in total. The molecule has 1 atom stereocenters. The van der Waals surface area contributed by atoms with E-state index in [9.17, 15) is 0 Å². The van der Waals surface area contributed by atoms with Gasteiger partial charge in [-0.05, 0) is 13.0 Å². The Morgan fingerprint density at radius 2 is 2.22 bits per heavy atom. The highest BCUT2D eigenvalue weighted by Crippen LogP contribution is 2.20. The van der Waals surface area contributed by atoms with Crippen LogP contribution in [0.1, 0.15) is 12.6 Å². The molecule has 18 heavy (non-hydrogen) atoms. The van der Waals surface area contributed by atoms with E-state index in [4.69, 9.17) is 0 Å². The Morgan fingerprint density at radius 3 is 3.06 bits per heavy atom. The van der Waals surface area contributed by atoms with Gasteiger partial charge in [-0.15, -0.1) is 0 Å². The monoisotopic (exact) mass is 244 g/mol. The average molecular weight is 244 g/mol. The Morgan fingerprint density at radius 1 is 1.39 bits per heavy atom. The minimum absolute atomic E-state index is 0.583. The molecule has 1 aromatic heterocycles. The predicted molar refractivity (Wildman–Crippen MR) is 73.5 cm³/mol. The molecule has 0 spiro atoms. The Balaban J connectivity index is 1.90. The van der Waals surface area contributed by atoms with Crippen molar-refractivity contribution in [1.82, 2.24) is 20.0 Å². The van der Waals surface area contributed by atoms with Gasteiger partial charge in [0.1, 0.15) is 0 Å². The maximum atomic E-state index is 4.67. The molecule has 1 aromatic carbocycles. The zero-order valence-corrected chi connectivity index (χ0v) is 11.1. The van der Waals surface area contributed by atoms with E-state index >= 15 is 0 Å². The van der Waals surface area contributed by atoms with Crippen LogP contribution in [0.5, 0.6) is 0 Å². The van der Waals surface area contributed by atoms with Crippen LogP contribution >= 0.6 is 0 Å². The lowest BCUT2D eigenvalue weighted by Crippen LogP contribution is -2.49. The van der Waals surface area contributed by atoms with E-state index in [0.717, 1.165) is 26.2 Å². The number of nitrogens with one attached hydrogen (secondary N) is 1. The van der Waals surface area contributed by atoms with Gasteiger partial charge in [0.15, 0.2) is 0 Å². The number of fused-ring (bicyclic) bond motifs is 1. The zero-order valence-electron chi connectivity index (χ0n) is 11.1. The molecule has 1 saturated heterocycles. The van der Waals surface area contributed by atoms with Crippen molar-refractivity contribution in [1.29, 1.82) is 0 Å². The van der Waals surface area contributed by atoms with Gasteiger partial charge in [0.2, 0.25) is 0 Å². The molecule has 96 valence electrons. The molecule has 2 heterocycles. The van der Waals surface area contributed by atoms with E-state index in [1.54, 1.807) is 0 Å². The Bertz CT molecular complexity index is 546. The summed E-state index contributed by atoms with van der Waals surface area (Å²) in [6.45, 7) is 6.48. The minimum Gasteiger partial charge on any atom is -0.314 e. The molecule has 0 radical (unpaired) electrons. The van der Waals surface area contributed by atoms with Crippen molar-refractivity contribution in [3.63, 3.8) is 0 Å². The first kappa shape index (κ1) is 11.7. The molecule has 0 amide bonds. The smallest absolute Gasteiger partial charge is 0.0843 e. The first-order valence-electron chi connectivity index (χ1n) is 6.61. The topological polar surface area (TPSA) is 33.1 Å². The summed E-state index contributed by atoms with van der Waals surface area (Å²) < 4.78 is 1.98. The third-order valence-electron chi connectivity index (χ3n) is 3.83. The lowest BCUT2D eigenvalue weighted by Gasteiger charge is -2.33. The third-order valence-corrected chi connectivity index (χ3v) is 3.83. The van der Waals surface area contributed by atoms with Crippen LogP contribution in [0.4, 0.5) is 0 Å². The van der Waals surface area contributed by atoms with Crippen molar-refractivity contribution in [2.24, 2.45) is 7.05 Å². The first-order chi connectivity index (χ1) is 8.75. The second-order valence-corrected chi connectivity index (χ2v) is 5.11. The number of aromatic nitrogens is 2. The van der Waals surface area contributed by atoms with Gasteiger partial charge in [-0.3, -0.25) is 9.58 Å². The zero-order chi connectivity index (χ0) is 12.5. The molecular formula is C14H20N4. The Kier molecular flexibility index (Phi) is 3.06. The van der Waals surface area contributed by atoms with Gasteiger partial charge in [-0.1, -0.05) is 18.2 Å². The van der Waals surface area contributed by atoms with E-state index in [-0.39, 0.29) is 0 Å². The van der Waals surface area contributed by atoms with Gasteiger partial charge in [0.25, 0.3) is 0 Å². The fraction of sp³-hybridized carbons (Fsp3) is 0.500. The molecule has 0 unspecified atom stereocenters. The Hall–Kier alpha value is -1.39. The van der Waals surface area contributed by atoms with Crippen molar-refractivity contribution < 1.29 is 0 Å². The maximum Gasteiger partial charge on any atom is 0.0843 e. The molecule has 3 rings (SSSR count). The number of piperazine rings is 1. The molecular weight excluding hydrogens is 224 g/mol. The first-order valence-corrected chi connectivity index (χ1v) is 6.61. The number of hydrogen-bond acceptors (Lipinski definition) is 3. The fourth-order valence-electron chi connectivity index (χ4n) is 2.72. The second-order valence-electron chi connectivity index (χ2n) is 5.11. The molecule has 1 aliphatic heterocycles. The standard InChI is InChI=1S/C14H20N4/c1-11-9-15-7-8-18(11)10-13-12-5-3-4-6-14(12)17(2)16-13/h3-6,11,15H,7-10H2,1-2H3/t11-/m1/s1. The average Bonchev–Trinajstić information content (AvgIpc) is 2.70. The van der Waals surface area contributed by atoms with Crippen molar-refractivity contribution in [3.8, 4) is 0 Å². The predicted octanol–water partition coefficient (Wildman–Crippen LogP) is 1.37. The van der Waals surface area contributed by atoms with Crippen LogP contribution < -0.4 is 5.32 Å². The molecule has 2 aromatic rings. The van der Waals surface area contributed by atoms with Crippen LogP contribution in [0.15, 0.2) is 24.3 Å². The van der Waals surface area contributed by atoms with Crippen LogP contribution in [0, 0.1) is 0 Å². The normalized spacial score (nSPS) is 21.6. The van der Waals surface area contributed by atoms with Crippen LogP contribution in [0.25, 0.3) is 10.9 Å². The van der Waals surface area contributed by atoms with Crippen molar-refractivity contribution in [2.75, 3.05) is 19.6 Å². The van der Waals surface area contributed by atoms with E-state index in [0.29, 0.717) is 6.04 Å². The molecule has 0 bridgehead atoms. The highest BCUT2D eigenvalue weighted by atomic mass is 15.3. The highest BCUT2D eigenvalue weighted by Gasteiger charge is 2.20. The molecule has 1 fully saturated rings. The number of nitrogens with zero attached hydrogens (tertiary/aromatic N) is 3. The second kappa shape index (κ2) is 4.71.